The predicted octanol–water partition coefficient (Wildman–Crippen LogP) is 0.0940. The van der Waals surface area contributed by atoms with Crippen LogP contribution in [0.15, 0.2) is 0 Å². The largest absolute Gasteiger partial charge is 0.320 e. The molecule has 0 aliphatic rings. The Morgan fingerprint density at radius 2 is 1.74 bits per heavy atom. The van der Waals surface area contributed by atoms with E-state index >= 15 is 0 Å². The molecule has 0 radical (unpaired) electrons. The van der Waals surface area contributed by atoms with Gasteiger partial charge in [0.1, 0.15) is 0 Å². The summed E-state index contributed by atoms with van der Waals surface area (Å²) in [7, 11) is 0.143. The van der Waals surface area contributed by atoms with Crippen LogP contribution in [0.4, 0.5) is 0 Å². The average Bonchev–Trinajstić information content (AvgIpc) is 2.37. The van der Waals surface area contributed by atoms with Crippen molar-refractivity contribution in [3.05, 3.63) is 0 Å². The number of rotatable bonds is 12. The van der Waals surface area contributed by atoms with Crippen LogP contribution in [0.1, 0.15) is 26.7 Å². The van der Waals surface area contributed by atoms with E-state index in [9.17, 15) is 8.42 Å². The fraction of sp³-hybridized carbons (Fsp3) is 1.00. The fourth-order valence-corrected chi connectivity index (χ4v) is 2.72. The van der Waals surface area contributed by atoms with E-state index in [2.05, 4.69) is 28.8 Å². The van der Waals surface area contributed by atoms with Gasteiger partial charge in [-0.25, -0.2) is 4.72 Å². The summed E-state index contributed by atoms with van der Waals surface area (Å²) in [5, 5.41) is 3.01. The molecule has 0 amide bonds. The van der Waals surface area contributed by atoms with Crippen molar-refractivity contribution in [2.45, 2.75) is 26.7 Å². The van der Waals surface area contributed by atoms with Gasteiger partial charge in [0.2, 0.25) is 0 Å². The van der Waals surface area contributed by atoms with Crippen LogP contribution < -0.4 is 10.0 Å². The highest BCUT2D eigenvalue weighted by atomic mass is 32.2. The molecule has 7 heteroatoms. The molecule has 0 aliphatic heterocycles. The van der Waals surface area contributed by atoms with Crippen molar-refractivity contribution < 1.29 is 8.42 Å². The minimum atomic E-state index is -3.33. The highest BCUT2D eigenvalue weighted by Crippen LogP contribution is 1.96. The number of likely N-dealkylation sites (N-methyl/N-ethyl adjacent to an activating group) is 1. The second kappa shape index (κ2) is 10.6. The van der Waals surface area contributed by atoms with E-state index in [4.69, 9.17) is 0 Å². The maximum Gasteiger partial charge on any atom is 0.279 e. The van der Waals surface area contributed by atoms with Gasteiger partial charge in [0.25, 0.3) is 10.2 Å². The van der Waals surface area contributed by atoms with Crippen LogP contribution in [0, 0.1) is 0 Å². The SMILES string of the molecule is CCCN(CC)CCNS(=O)(=O)N(C)CCCNC. The Balaban J connectivity index is 4.01. The number of nitrogens with zero attached hydrogens (tertiary/aromatic N) is 2. The van der Waals surface area contributed by atoms with E-state index in [1.165, 1.54) is 4.31 Å². The molecule has 0 bridgehead atoms. The summed E-state index contributed by atoms with van der Waals surface area (Å²) in [4.78, 5) is 2.24. The molecule has 0 aromatic rings. The lowest BCUT2D eigenvalue weighted by Crippen LogP contribution is -2.42. The van der Waals surface area contributed by atoms with Crippen LogP contribution >= 0.6 is 0 Å². The maximum absolute atomic E-state index is 11.9. The van der Waals surface area contributed by atoms with Crippen LogP contribution in [-0.2, 0) is 10.2 Å². The Labute approximate surface area is 118 Å². The second-order valence-electron chi connectivity index (χ2n) is 4.61. The van der Waals surface area contributed by atoms with E-state index < -0.39 is 10.2 Å². The summed E-state index contributed by atoms with van der Waals surface area (Å²) in [5.74, 6) is 0. The van der Waals surface area contributed by atoms with Crippen molar-refractivity contribution in [1.82, 2.24) is 19.2 Å². The first-order valence-corrected chi connectivity index (χ1v) is 8.49. The third-order valence-corrected chi connectivity index (χ3v) is 4.58. The fourth-order valence-electron chi connectivity index (χ4n) is 1.79. The molecule has 6 nitrogen and oxygen atoms in total. The molecule has 0 aromatic heterocycles. The monoisotopic (exact) mass is 294 g/mol. The quantitative estimate of drug-likeness (QED) is 0.501. The Hall–Kier alpha value is -0.210. The Morgan fingerprint density at radius 1 is 1.05 bits per heavy atom. The van der Waals surface area contributed by atoms with E-state index in [-0.39, 0.29) is 0 Å². The van der Waals surface area contributed by atoms with Crippen molar-refractivity contribution in [2.75, 3.05) is 53.4 Å². The molecular formula is C12H30N4O2S. The summed E-state index contributed by atoms with van der Waals surface area (Å²) in [6.45, 7) is 8.75. The summed E-state index contributed by atoms with van der Waals surface area (Å²) in [5.41, 5.74) is 0. The minimum Gasteiger partial charge on any atom is -0.320 e. The van der Waals surface area contributed by atoms with Gasteiger partial charge in [-0.2, -0.15) is 12.7 Å². The molecule has 0 spiro atoms. The van der Waals surface area contributed by atoms with E-state index in [0.717, 1.165) is 39.0 Å². The summed E-state index contributed by atoms with van der Waals surface area (Å²) in [6.07, 6.45) is 1.90. The molecule has 0 atom stereocenters. The van der Waals surface area contributed by atoms with Crippen molar-refractivity contribution in [2.24, 2.45) is 0 Å². The van der Waals surface area contributed by atoms with Gasteiger partial charge in [-0.15, -0.1) is 0 Å². The van der Waals surface area contributed by atoms with E-state index in [1.54, 1.807) is 7.05 Å². The maximum atomic E-state index is 11.9. The zero-order valence-electron chi connectivity index (χ0n) is 12.8. The molecule has 0 rings (SSSR count). The third kappa shape index (κ3) is 8.54. The molecule has 116 valence electrons. The lowest BCUT2D eigenvalue weighted by Gasteiger charge is -2.21. The van der Waals surface area contributed by atoms with Crippen LogP contribution in [0.2, 0.25) is 0 Å². The Bertz CT molecular complexity index is 309. The molecule has 0 aromatic carbocycles. The van der Waals surface area contributed by atoms with Gasteiger partial charge in [-0.1, -0.05) is 13.8 Å². The summed E-state index contributed by atoms with van der Waals surface area (Å²) in [6, 6.07) is 0. The molecule has 2 N–H and O–H groups in total. The molecule has 0 fully saturated rings. The van der Waals surface area contributed by atoms with E-state index in [0.29, 0.717) is 13.1 Å². The second-order valence-corrected chi connectivity index (χ2v) is 6.47. The first kappa shape index (κ1) is 18.8. The van der Waals surface area contributed by atoms with Gasteiger partial charge in [-0.3, -0.25) is 0 Å². The molecule has 0 unspecified atom stereocenters. The van der Waals surface area contributed by atoms with Crippen molar-refractivity contribution in [3.63, 3.8) is 0 Å². The number of hydrogen-bond donors (Lipinski definition) is 2. The lowest BCUT2D eigenvalue weighted by atomic mass is 10.4. The highest BCUT2D eigenvalue weighted by molar-refractivity contribution is 7.87. The van der Waals surface area contributed by atoms with Gasteiger partial charge in [0.05, 0.1) is 0 Å². The van der Waals surface area contributed by atoms with Crippen LogP contribution in [0.25, 0.3) is 0 Å². The Kier molecular flexibility index (Phi) is 10.4. The van der Waals surface area contributed by atoms with E-state index in [1.807, 2.05) is 7.05 Å². The zero-order valence-corrected chi connectivity index (χ0v) is 13.6. The molecule has 0 saturated heterocycles. The number of hydrogen-bond acceptors (Lipinski definition) is 4. The Morgan fingerprint density at radius 3 is 2.26 bits per heavy atom. The van der Waals surface area contributed by atoms with Crippen LogP contribution in [0.5, 0.6) is 0 Å². The molecule has 0 heterocycles. The predicted molar refractivity (Wildman–Crippen MR) is 80.5 cm³/mol. The third-order valence-electron chi connectivity index (χ3n) is 3.01. The van der Waals surface area contributed by atoms with Gasteiger partial charge in [-0.05, 0) is 39.5 Å². The topological polar surface area (TPSA) is 64.7 Å². The normalized spacial score (nSPS) is 12.5. The van der Waals surface area contributed by atoms with Crippen molar-refractivity contribution in [3.8, 4) is 0 Å². The lowest BCUT2D eigenvalue weighted by molar-refractivity contribution is 0.292. The van der Waals surface area contributed by atoms with Crippen molar-refractivity contribution in [1.29, 1.82) is 0 Å². The zero-order chi connectivity index (χ0) is 14.7. The molecule has 0 saturated carbocycles. The molecule has 0 aliphatic carbocycles. The minimum absolute atomic E-state index is 0.465. The smallest absolute Gasteiger partial charge is 0.279 e. The standard InChI is InChI=1S/C12H30N4O2S/c1-5-10-16(6-2)12-9-14-19(17,18)15(4)11-7-8-13-3/h13-14H,5-12H2,1-4H3. The van der Waals surface area contributed by atoms with Gasteiger partial charge in [0, 0.05) is 26.7 Å². The average molecular weight is 294 g/mol. The highest BCUT2D eigenvalue weighted by Gasteiger charge is 2.16. The summed E-state index contributed by atoms with van der Waals surface area (Å²) >= 11 is 0. The first-order valence-electron chi connectivity index (χ1n) is 7.05. The summed E-state index contributed by atoms with van der Waals surface area (Å²) < 4.78 is 27.9. The molecule has 19 heavy (non-hydrogen) atoms. The van der Waals surface area contributed by atoms with Crippen molar-refractivity contribution >= 4 is 10.2 Å². The molecular weight excluding hydrogens is 264 g/mol. The van der Waals surface area contributed by atoms with Gasteiger partial charge in [0.15, 0.2) is 0 Å². The van der Waals surface area contributed by atoms with Crippen LogP contribution in [0.3, 0.4) is 0 Å². The van der Waals surface area contributed by atoms with Gasteiger partial charge >= 0.3 is 0 Å². The number of nitrogens with one attached hydrogen (secondary N) is 2. The van der Waals surface area contributed by atoms with Gasteiger partial charge < -0.3 is 10.2 Å². The first-order chi connectivity index (χ1) is 8.97. The van der Waals surface area contributed by atoms with Crippen LogP contribution in [-0.4, -0.2) is 71.0 Å².